The second-order valence-electron chi connectivity index (χ2n) is 3.87. The molecule has 2 nitrogen and oxygen atoms in total. The summed E-state index contributed by atoms with van der Waals surface area (Å²) in [5.41, 5.74) is 2.62. The van der Waals surface area contributed by atoms with Gasteiger partial charge in [0.1, 0.15) is 0 Å². The van der Waals surface area contributed by atoms with E-state index in [1.807, 2.05) is 37.4 Å². The molecule has 0 bridgehead atoms. The number of nitrogens with zero attached hydrogens (tertiary/aromatic N) is 1. The normalized spacial score (nSPS) is 10.5. The highest BCUT2D eigenvalue weighted by Gasteiger charge is 2.12. The van der Waals surface area contributed by atoms with Gasteiger partial charge in [-0.25, -0.2) is 4.98 Å². The molecule has 17 heavy (non-hydrogen) atoms. The van der Waals surface area contributed by atoms with E-state index in [9.17, 15) is 4.79 Å². The molecule has 0 amide bonds. The summed E-state index contributed by atoms with van der Waals surface area (Å²) < 4.78 is 0.970. The Bertz CT molecular complexity index is 562. The number of halogens is 1. The van der Waals surface area contributed by atoms with Crippen LogP contribution in [0.1, 0.15) is 26.6 Å². The van der Waals surface area contributed by atoms with Gasteiger partial charge in [0.2, 0.25) is 0 Å². The van der Waals surface area contributed by atoms with Crippen LogP contribution >= 0.6 is 27.3 Å². The van der Waals surface area contributed by atoms with Crippen LogP contribution in [0.15, 0.2) is 28.1 Å². The van der Waals surface area contributed by atoms with Gasteiger partial charge >= 0.3 is 0 Å². The number of benzene rings is 1. The zero-order valence-corrected chi connectivity index (χ0v) is 12.1. The summed E-state index contributed by atoms with van der Waals surface area (Å²) in [6, 6.07) is 5.69. The lowest BCUT2D eigenvalue weighted by atomic mass is 10.0. The van der Waals surface area contributed by atoms with Gasteiger partial charge < -0.3 is 0 Å². The molecule has 1 aromatic heterocycles. The van der Waals surface area contributed by atoms with Gasteiger partial charge in [-0.3, -0.25) is 4.79 Å². The smallest absolute Gasteiger partial charge is 0.169 e. The minimum Gasteiger partial charge on any atom is -0.294 e. The maximum Gasteiger partial charge on any atom is 0.169 e. The first-order valence-electron chi connectivity index (χ1n) is 5.27. The zero-order valence-electron chi connectivity index (χ0n) is 9.66. The van der Waals surface area contributed by atoms with E-state index in [0.29, 0.717) is 6.42 Å². The van der Waals surface area contributed by atoms with Crippen LogP contribution in [0, 0.1) is 13.8 Å². The Balaban J connectivity index is 2.23. The number of rotatable bonds is 3. The summed E-state index contributed by atoms with van der Waals surface area (Å²) in [5.74, 6) is 0.120. The van der Waals surface area contributed by atoms with Crippen LogP contribution in [0.3, 0.4) is 0 Å². The van der Waals surface area contributed by atoms with E-state index < -0.39 is 0 Å². The molecule has 2 aromatic rings. The van der Waals surface area contributed by atoms with E-state index in [1.165, 1.54) is 0 Å². The Morgan fingerprint density at radius 2 is 2.18 bits per heavy atom. The van der Waals surface area contributed by atoms with Crippen molar-refractivity contribution < 1.29 is 4.79 Å². The highest BCUT2D eigenvalue weighted by Crippen LogP contribution is 2.21. The molecule has 0 radical (unpaired) electrons. The van der Waals surface area contributed by atoms with Crippen LogP contribution in [0.5, 0.6) is 0 Å². The number of ketones is 1. The predicted octanol–water partition coefficient (Wildman–Crippen LogP) is 3.95. The number of aromatic nitrogens is 1. The number of Topliss-reactive ketones (excluding diaryl/α,β-unsaturated/α-hetero) is 1. The van der Waals surface area contributed by atoms with Crippen LogP contribution in [0.2, 0.25) is 0 Å². The average molecular weight is 310 g/mol. The Morgan fingerprint density at radius 3 is 2.82 bits per heavy atom. The first-order valence-corrected chi connectivity index (χ1v) is 6.94. The minimum atomic E-state index is 0.120. The van der Waals surface area contributed by atoms with Crippen molar-refractivity contribution in [2.24, 2.45) is 0 Å². The SMILES string of the molecule is Cc1nc(CC(=O)c2cccc(Br)c2C)cs1. The first-order chi connectivity index (χ1) is 8.08. The maximum atomic E-state index is 12.1. The van der Waals surface area contributed by atoms with Gasteiger partial charge in [0, 0.05) is 15.4 Å². The van der Waals surface area contributed by atoms with E-state index in [2.05, 4.69) is 20.9 Å². The third-order valence-corrected chi connectivity index (χ3v) is 4.26. The molecule has 0 N–H and O–H groups in total. The van der Waals surface area contributed by atoms with Crippen molar-refractivity contribution in [2.45, 2.75) is 20.3 Å². The molecule has 0 atom stereocenters. The molecule has 0 aliphatic carbocycles. The fourth-order valence-electron chi connectivity index (χ4n) is 1.66. The Morgan fingerprint density at radius 1 is 1.41 bits per heavy atom. The van der Waals surface area contributed by atoms with Crippen molar-refractivity contribution in [1.29, 1.82) is 0 Å². The molecule has 0 spiro atoms. The van der Waals surface area contributed by atoms with E-state index >= 15 is 0 Å². The fraction of sp³-hybridized carbons (Fsp3) is 0.231. The van der Waals surface area contributed by atoms with E-state index in [0.717, 1.165) is 26.3 Å². The molecule has 4 heteroatoms. The third-order valence-electron chi connectivity index (χ3n) is 2.58. The first kappa shape index (κ1) is 12.5. The number of hydrogen-bond acceptors (Lipinski definition) is 3. The fourth-order valence-corrected chi connectivity index (χ4v) is 2.64. The molecule has 0 aliphatic heterocycles. The standard InChI is InChI=1S/C13H12BrNOS/c1-8-11(4-3-5-12(8)14)13(16)6-10-7-17-9(2)15-10/h3-5,7H,6H2,1-2H3. The number of aryl methyl sites for hydroxylation is 1. The van der Waals surface area contributed by atoms with Crippen LogP contribution in [-0.2, 0) is 6.42 Å². The molecule has 0 fully saturated rings. The van der Waals surface area contributed by atoms with Gasteiger partial charge in [-0.15, -0.1) is 11.3 Å². The largest absolute Gasteiger partial charge is 0.294 e. The van der Waals surface area contributed by atoms with Gasteiger partial charge in [-0.1, -0.05) is 28.1 Å². The van der Waals surface area contributed by atoms with Crippen molar-refractivity contribution in [1.82, 2.24) is 4.98 Å². The van der Waals surface area contributed by atoms with Gasteiger partial charge in [0.05, 0.1) is 17.1 Å². The van der Waals surface area contributed by atoms with Crippen LogP contribution in [0.4, 0.5) is 0 Å². The summed E-state index contributed by atoms with van der Waals surface area (Å²) in [6.07, 6.45) is 0.377. The van der Waals surface area contributed by atoms with Crippen LogP contribution in [-0.4, -0.2) is 10.8 Å². The van der Waals surface area contributed by atoms with E-state index in [-0.39, 0.29) is 5.78 Å². The van der Waals surface area contributed by atoms with E-state index in [1.54, 1.807) is 11.3 Å². The van der Waals surface area contributed by atoms with Crippen molar-refractivity contribution in [3.8, 4) is 0 Å². The molecule has 88 valence electrons. The highest BCUT2D eigenvalue weighted by atomic mass is 79.9. The maximum absolute atomic E-state index is 12.1. The highest BCUT2D eigenvalue weighted by molar-refractivity contribution is 9.10. The third kappa shape index (κ3) is 2.82. The van der Waals surface area contributed by atoms with Gasteiger partial charge in [-0.05, 0) is 25.5 Å². The van der Waals surface area contributed by atoms with Gasteiger partial charge in [-0.2, -0.15) is 0 Å². The van der Waals surface area contributed by atoms with Crippen molar-refractivity contribution in [2.75, 3.05) is 0 Å². The monoisotopic (exact) mass is 309 g/mol. The number of carbonyl (C=O) groups excluding carboxylic acids is 1. The lowest BCUT2D eigenvalue weighted by molar-refractivity contribution is 0.0991. The molecule has 2 rings (SSSR count). The number of hydrogen-bond donors (Lipinski definition) is 0. The average Bonchev–Trinajstić information content (AvgIpc) is 2.68. The van der Waals surface area contributed by atoms with Crippen molar-refractivity contribution in [3.05, 3.63) is 49.9 Å². The van der Waals surface area contributed by atoms with Crippen molar-refractivity contribution >= 4 is 33.0 Å². The Labute approximate surface area is 113 Å². The topological polar surface area (TPSA) is 30.0 Å². The minimum absolute atomic E-state index is 0.120. The van der Waals surface area contributed by atoms with Crippen molar-refractivity contribution in [3.63, 3.8) is 0 Å². The summed E-state index contributed by atoms with van der Waals surface area (Å²) in [5, 5.41) is 2.94. The second-order valence-corrected chi connectivity index (χ2v) is 5.79. The Hall–Kier alpha value is -1.000. The number of thiazole rings is 1. The molecule has 1 aromatic carbocycles. The quantitative estimate of drug-likeness (QED) is 0.804. The molecular formula is C13H12BrNOS. The molecule has 0 saturated carbocycles. The predicted molar refractivity (Wildman–Crippen MR) is 73.8 cm³/mol. The van der Waals surface area contributed by atoms with Crippen LogP contribution < -0.4 is 0 Å². The lowest BCUT2D eigenvalue weighted by Crippen LogP contribution is -2.06. The van der Waals surface area contributed by atoms with E-state index in [4.69, 9.17) is 0 Å². The lowest BCUT2D eigenvalue weighted by Gasteiger charge is -2.05. The van der Waals surface area contributed by atoms with Gasteiger partial charge in [0.15, 0.2) is 5.78 Å². The number of carbonyl (C=O) groups is 1. The molecule has 0 saturated heterocycles. The zero-order chi connectivity index (χ0) is 12.4. The summed E-state index contributed by atoms with van der Waals surface area (Å²) in [6.45, 7) is 3.90. The molecule has 0 aliphatic rings. The summed E-state index contributed by atoms with van der Waals surface area (Å²) in [7, 11) is 0. The van der Waals surface area contributed by atoms with Crippen LogP contribution in [0.25, 0.3) is 0 Å². The summed E-state index contributed by atoms with van der Waals surface area (Å²) in [4.78, 5) is 16.5. The molecule has 0 unspecified atom stereocenters. The summed E-state index contributed by atoms with van der Waals surface area (Å²) >= 11 is 5.01. The molecule has 1 heterocycles. The Kier molecular flexibility index (Phi) is 3.74. The molecular weight excluding hydrogens is 298 g/mol. The second kappa shape index (κ2) is 5.10. The van der Waals surface area contributed by atoms with Gasteiger partial charge in [0.25, 0.3) is 0 Å².